The van der Waals surface area contributed by atoms with Gasteiger partial charge in [-0.15, -0.1) is 10.2 Å². The summed E-state index contributed by atoms with van der Waals surface area (Å²) in [6, 6.07) is 18.0. The van der Waals surface area contributed by atoms with Gasteiger partial charge in [-0.2, -0.15) is 0 Å². The lowest BCUT2D eigenvalue weighted by molar-refractivity contribution is 0.996. The Labute approximate surface area is 136 Å². The van der Waals surface area contributed by atoms with E-state index in [2.05, 4.69) is 59.7 Å². The molecule has 0 aliphatic carbocycles. The van der Waals surface area contributed by atoms with Crippen LogP contribution in [0.1, 0.15) is 18.1 Å². The molecule has 116 valence electrons. The summed E-state index contributed by atoms with van der Waals surface area (Å²) in [5.74, 6) is 0.785. The van der Waals surface area contributed by atoms with Crippen LogP contribution in [0.25, 0.3) is 11.3 Å². The van der Waals surface area contributed by atoms with Crippen LogP contribution < -0.4 is 11.1 Å². The second-order valence-electron chi connectivity index (χ2n) is 5.57. The minimum Gasteiger partial charge on any atom is -0.399 e. The number of nitrogens with two attached hydrogens (primary N) is 1. The Hall–Kier alpha value is -2.88. The molecular formula is C19H20N4. The third-order valence-electron chi connectivity index (χ3n) is 3.77. The van der Waals surface area contributed by atoms with Gasteiger partial charge in [0.15, 0.2) is 5.82 Å². The van der Waals surface area contributed by atoms with E-state index in [1.165, 1.54) is 5.56 Å². The zero-order valence-electron chi connectivity index (χ0n) is 13.4. The van der Waals surface area contributed by atoms with Gasteiger partial charge in [0.1, 0.15) is 0 Å². The number of hydrogen-bond donors (Lipinski definition) is 2. The summed E-state index contributed by atoms with van der Waals surface area (Å²) < 4.78 is 0. The number of hydrogen-bond acceptors (Lipinski definition) is 4. The fourth-order valence-electron chi connectivity index (χ4n) is 2.37. The van der Waals surface area contributed by atoms with E-state index in [1.807, 2.05) is 24.3 Å². The highest BCUT2D eigenvalue weighted by molar-refractivity contribution is 5.66. The summed E-state index contributed by atoms with van der Waals surface area (Å²) in [7, 11) is 0. The molecule has 0 spiro atoms. The number of benzene rings is 2. The molecule has 2 aromatic carbocycles. The molecule has 0 aliphatic rings. The Morgan fingerprint density at radius 2 is 1.65 bits per heavy atom. The van der Waals surface area contributed by atoms with Gasteiger partial charge in [0.2, 0.25) is 0 Å². The van der Waals surface area contributed by atoms with E-state index in [-0.39, 0.29) is 0 Å². The topological polar surface area (TPSA) is 63.8 Å². The van der Waals surface area contributed by atoms with Crippen LogP contribution in [0.3, 0.4) is 0 Å². The van der Waals surface area contributed by atoms with E-state index < -0.39 is 0 Å². The second kappa shape index (κ2) is 6.48. The largest absolute Gasteiger partial charge is 0.399 e. The number of aryl methyl sites for hydroxylation is 2. The Balaban J connectivity index is 1.90. The van der Waals surface area contributed by atoms with Crippen molar-refractivity contribution in [2.45, 2.75) is 20.3 Å². The number of nitrogens with one attached hydrogen (secondary N) is 1. The molecule has 0 saturated carbocycles. The Bertz CT molecular complexity index is 793. The minimum atomic E-state index is 0.743. The minimum absolute atomic E-state index is 0.743. The van der Waals surface area contributed by atoms with Gasteiger partial charge in [0.25, 0.3) is 0 Å². The lowest BCUT2D eigenvalue weighted by atomic mass is 10.1. The van der Waals surface area contributed by atoms with Gasteiger partial charge in [0, 0.05) is 16.9 Å². The number of nitrogens with zero attached hydrogens (tertiary/aromatic N) is 2. The number of nitrogen functional groups attached to an aromatic ring is 1. The predicted molar refractivity (Wildman–Crippen MR) is 95.7 cm³/mol. The first-order valence-electron chi connectivity index (χ1n) is 7.72. The highest BCUT2D eigenvalue weighted by Crippen LogP contribution is 2.24. The fraction of sp³-hybridized carbons (Fsp3) is 0.158. The maximum absolute atomic E-state index is 5.72. The van der Waals surface area contributed by atoms with E-state index in [0.717, 1.165) is 40.4 Å². The lowest BCUT2D eigenvalue weighted by Crippen LogP contribution is -2.02. The molecular weight excluding hydrogens is 284 g/mol. The molecule has 0 aliphatic heterocycles. The van der Waals surface area contributed by atoms with Crippen molar-refractivity contribution in [2.75, 3.05) is 11.1 Å². The van der Waals surface area contributed by atoms with Crippen LogP contribution in [0.2, 0.25) is 0 Å². The monoisotopic (exact) mass is 304 g/mol. The van der Waals surface area contributed by atoms with Crippen molar-refractivity contribution in [3.63, 3.8) is 0 Å². The van der Waals surface area contributed by atoms with Crippen LogP contribution >= 0.6 is 0 Å². The molecule has 0 unspecified atom stereocenters. The molecule has 3 aromatic rings. The maximum Gasteiger partial charge on any atom is 0.156 e. The molecule has 3 rings (SSSR count). The Morgan fingerprint density at radius 1 is 0.957 bits per heavy atom. The molecule has 1 aromatic heterocycles. The quantitative estimate of drug-likeness (QED) is 0.704. The fourth-order valence-corrected chi connectivity index (χ4v) is 2.37. The van der Waals surface area contributed by atoms with Gasteiger partial charge in [-0.1, -0.05) is 36.8 Å². The third kappa shape index (κ3) is 3.48. The van der Waals surface area contributed by atoms with Crippen molar-refractivity contribution in [3.05, 3.63) is 65.7 Å². The van der Waals surface area contributed by atoms with Crippen molar-refractivity contribution >= 4 is 17.2 Å². The van der Waals surface area contributed by atoms with Gasteiger partial charge >= 0.3 is 0 Å². The number of aromatic nitrogens is 2. The van der Waals surface area contributed by atoms with Gasteiger partial charge in [-0.05, 0) is 49.2 Å². The van der Waals surface area contributed by atoms with Crippen LogP contribution in [0.5, 0.6) is 0 Å². The smallest absolute Gasteiger partial charge is 0.156 e. The van der Waals surface area contributed by atoms with E-state index >= 15 is 0 Å². The molecule has 23 heavy (non-hydrogen) atoms. The van der Waals surface area contributed by atoms with Crippen molar-refractivity contribution in [1.82, 2.24) is 10.2 Å². The van der Waals surface area contributed by atoms with Gasteiger partial charge in [-0.3, -0.25) is 0 Å². The normalized spacial score (nSPS) is 10.5. The predicted octanol–water partition coefficient (Wildman–Crippen LogP) is 4.34. The van der Waals surface area contributed by atoms with E-state index in [1.54, 1.807) is 0 Å². The maximum atomic E-state index is 5.72. The molecule has 0 amide bonds. The van der Waals surface area contributed by atoms with Crippen molar-refractivity contribution in [1.29, 1.82) is 0 Å². The average molecular weight is 304 g/mol. The summed E-state index contributed by atoms with van der Waals surface area (Å²) in [5.41, 5.74) is 11.7. The molecule has 0 radical (unpaired) electrons. The second-order valence-corrected chi connectivity index (χ2v) is 5.57. The van der Waals surface area contributed by atoms with Gasteiger partial charge in [-0.25, -0.2) is 0 Å². The molecule has 4 nitrogen and oxygen atoms in total. The summed E-state index contributed by atoms with van der Waals surface area (Å²) >= 11 is 0. The first-order valence-corrected chi connectivity index (χ1v) is 7.72. The van der Waals surface area contributed by atoms with Crippen LogP contribution in [0.15, 0.2) is 54.6 Å². The number of rotatable bonds is 4. The third-order valence-corrected chi connectivity index (χ3v) is 3.77. The first kappa shape index (κ1) is 15.0. The number of anilines is 3. The van der Waals surface area contributed by atoms with E-state index in [0.29, 0.717) is 0 Å². The van der Waals surface area contributed by atoms with E-state index in [9.17, 15) is 0 Å². The summed E-state index contributed by atoms with van der Waals surface area (Å²) in [6.45, 7) is 4.19. The Morgan fingerprint density at radius 3 is 2.30 bits per heavy atom. The highest BCUT2D eigenvalue weighted by atomic mass is 15.2. The zero-order valence-corrected chi connectivity index (χ0v) is 13.4. The van der Waals surface area contributed by atoms with Gasteiger partial charge < -0.3 is 11.1 Å². The van der Waals surface area contributed by atoms with E-state index in [4.69, 9.17) is 5.73 Å². The summed E-state index contributed by atoms with van der Waals surface area (Å²) in [6.07, 6.45) is 0.881. The molecule has 0 fully saturated rings. The highest BCUT2D eigenvalue weighted by Gasteiger charge is 2.08. The van der Waals surface area contributed by atoms with Crippen molar-refractivity contribution in [3.8, 4) is 11.3 Å². The molecule has 0 atom stereocenters. The first-order chi connectivity index (χ1) is 11.2. The molecule has 0 bridgehead atoms. The standard InChI is InChI=1S/C19H20N4/c1-3-14-12-18(15-6-4-13(2)5-7-15)22-23-19(14)21-17-10-8-16(20)9-11-17/h4-12H,3,20H2,1-2H3,(H,21,23). The molecule has 1 heterocycles. The summed E-state index contributed by atoms with van der Waals surface area (Å²) in [4.78, 5) is 0. The molecule has 4 heteroatoms. The van der Waals surface area contributed by atoms with Crippen molar-refractivity contribution < 1.29 is 0 Å². The summed E-state index contributed by atoms with van der Waals surface area (Å²) in [5, 5.41) is 12.0. The van der Waals surface area contributed by atoms with Crippen LogP contribution in [-0.2, 0) is 6.42 Å². The molecule has 3 N–H and O–H groups in total. The van der Waals surface area contributed by atoms with Crippen LogP contribution in [-0.4, -0.2) is 10.2 Å². The van der Waals surface area contributed by atoms with Crippen LogP contribution in [0, 0.1) is 6.92 Å². The lowest BCUT2D eigenvalue weighted by Gasteiger charge is -2.11. The molecule has 0 saturated heterocycles. The zero-order chi connectivity index (χ0) is 16.2. The van der Waals surface area contributed by atoms with Gasteiger partial charge in [0.05, 0.1) is 5.69 Å². The average Bonchev–Trinajstić information content (AvgIpc) is 2.58. The SMILES string of the molecule is CCc1cc(-c2ccc(C)cc2)nnc1Nc1ccc(N)cc1. The van der Waals surface area contributed by atoms with Crippen molar-refractivity contribution in [2.24, 2.45) is 0 Å². The van der Waals surface area contributed by atoms with Crippen LogP contribution in [0.4, 0.5) is 17.2 Å². The Kier molecular flexibility index (Phi) is 4.24.